The highest BCUT2D eigenvalue weighted by Gasteiger charge is 2.12. The van der Waals surface area contributed by atoms with Crippen LogP contribution in [0, 0.1) is 0 Å². The summed E-state index contributed by atoms with van der Waals surface area (Å²) in [5.74, 6) is -0.542. The van der Waals surface area contributed by atoms with E-state index in [1.165, 1.54) is 12.2 Å². The normalized spacial score (nSPS) is 15.8. The highest BCUT2D eigenvalue weighted by Crippen LogP contribution is 2.10. The SMILES string of the molecule is CCOC(=O)C1=CC(=O)C=CC1. The molecule has 0 saturated carbocycles. The second-order valence-electron chi connectivity index (χ2n) is 2.40. The van der Waals surface area contributed by atoms with E-state index in [1.54, 1.807) is 13.0 Å². The third-order valence-electron chi connectivity index (χ3n) is 1.47. The predicted molar refractivity (Wildman–Crippen MR) is 43.5 cm³/mol. The molecular weight excluding hydrogens is 156 g/mol. The Hall–Kier alpha value is -1.38. The Morgan fingerprint density at radius 3 is 3.00 bits per heavy atom. The van der Waals surface area contributed by atoms with Gasteiger partial charge in [-0.05, 0) is 25.5 Å². The highest BCUT2D eigenvalue weighted by atomic mass is 16.5. The first-order valence-electron chi connectivity index (χ1n) is 3.82. The van der Waals surface area contributed by atoms with Crippen LogP contribution in [-0.4, -0.2) is 18.4 Å². The lowest BCUT2D eigenvalue weighted by Crippen LogP contribution is -2.10. The average Bonchev–Trinajstić information content (AvgIpc) is 2.05. The van der Waals surface area contributed by atoms with Gasteiger partial charge in [-0.3, -0.25) is 4.79 Å². The zero-order valence-corrected chi connectivity index (χ0v) is 6.87. The Morgan fingerprint density at radius 1 is 1.67 bits per heavy atom. The van der Waals surface area contributed by atoms with Gasteiger partial charge in [0.15, 0.2) is 5.78 Å². The predicted octanol–water partition coefficient (Wildman–Crippen LogP) is 1.00. The standard InChI is InChI=1S/C9H10O3/c1-2-12-9(11)7-4-3-5-8(10)6-7/h3,5-6H,2,4H2,1H3. The molecule has 12 heavy (non-hydrogen) atoms. The molecule has 0 aliphatic heterocycles. The van der Waals surface area contributed by atoms with Crippen molar-refractivity contribution >= 4 is 11.8 Å². The molecule has 0 heterocycles. The molecule has 0 bridgehead atoms. The summed E-state index contributed by atoms with van der Waals surface area (Å²) >= 11 is 0. The van der Waals surface area contributed by atoms with Crippen molar-refractivity contribution in [1.29, 1.82) is 0 Å². The maximum Gasteiger partial charge on any atom is 0.334 e. The van der Waals surface area contributed by atoms with Crippen molar-refractivity contribution < 1.29 is 14.3 Å². The molecule has 0 spiro atoms. The molecule has 0 atom stereocenters. The van der Waals surface area contributed by atoms with Gasteiger partial charge in [0, 0.05) is 5.57 Å². The van der Waals surface area contributed by atoms with Crippen molar-refractivity contribution in [3.8, 4) is 0 Å². The van der Waals surface area contributed by atoms with Crippen LogP contribution in [0.15, 0.2) is 23.8 Å². The molecule has 0 aromatic heterocycles. The summed E-state index contributed by atoms with van der Waals surface area (Å²) in [6.45, 7) is 2.08. The Bertz CT molecular complexity index is 261. The van der Waals surface area contributed by atoms with Crippen molar-refractivity contribution in [3.05, 3.63) is 23.8 Å². The van der Waals surface area contributed by atoms with E-state index < -0.39 is 5.97 Å². The second-order valence-corrected chi connectivity index (χ2v) is 2.40. The molecule has 0 amide bonds. The topological polar surface area (TPSA) is 43.4 Å². The van der Waals surface area contributed by atoms with Gasteiger partial charge >= 0.3 is 5.97 Å². The van der Waals surface area contributed by atoms with Gasteiger partial charge in [-0.2, -0.15) is 0 Å². The molecule has 0 aromatic rings. The largest absolute Gasteiger partial charge is 0.463 e. The Labute approximate surface area is 70.7 Å². The van der Waals surface area contributed by atoms with Crippen LogP contribution >= 0.6 is 0 Å². The summed E-state index contributed by atoms with van der Waals surface area (Å²) in [5.41, 5.74) is 0.435. The van der Waals surface area contributed by atoms with Gasteiger partial charge in [-0.1, -0.05) is 6.08 Å². The molecule has 1 rings (SSSR count). The van der Waals surface area contributed by atoms with E-state index in [1.807, 2.05) is 0 Å². The first-order chi connectivity index (χ1) is 5.74. The highest BCUT2D eigenvalue weighted by molar-refractivity contribution is 6.06. The summed E-state index contributed by atoms with van der Waals surface area (Å²) in [6, 6.07) is 0. The van der Waals surface area contributed by atoms with Gasteiger partial charge in [-0.15, -0.1) is 0 Å². The number of ether oxygens (including phenoxy) is 1. The van der Waals surface area contributed by atoms with Crippen molar-refractivity contribution in [2.75, 3.05) is 6.61 Å². The minimum absolute atomic E-state index is 0.149. The number of carbonyl (C=O) groups is 2. The molecule has 0 aromatic carbocycles. The first-order valence-corrected chi connectivity index (χ1v) is 3.82. The van der Waals surface area contributed by atoms with Gasteiger partial charge in [0.2, 0.25) is 0 Å². The van der Waals surface area contributed by atoms with Gasteiger partial charge < -0.3 is 4.74 Å². The number of rotatable bonds is 2. The van der Waals surface area contributed by atoms with Crippen LogP contribution in [0.1, 0.15) is 13.3 Å². The van der Waals surface area contributed by atoms with Crippen LogP contribution in [-0.2, 0) is 14.3 Å². The monoisotopic (exact) mass is 166 g/mol. The van der Waals surface area contributed by atoms with E-state index >= 15 is 0 Å². The summed E-state index contributed by atoms with van der Waals surface area (Å²) < 4.78 is 4.74. The smallest absolute Gasteiger partial charge is 0.334 e. The number of hydrogen-bond acceptors (Lipinski definition) is 3. The lowest BCUT2D eigenvalue weighted by Gasteiger charge is -2.05. The molecule has 0 radical (unpaired) electrons. The third kappa shape index (κ3) is 2.05. The lowest BCUT2D eigenvalue weighted by atomic mass is 10.1. The van der Waals surface area contributed by atoms with Gasteiger partial charge in [-0.25, -0.2) is 4.79 Å². The average molecular weight is 166 g/mol. The number of carbonyl (C=O) groups excluding carboxylic acids is 2. The molecule has 1 aliphatic rings. The second kappa shape index (κ2) is 3.85. The molecule has 1 aliphatic carbocycles. The van der Waals surface area contributed by atoms with Gasteiger partial charge in [0.1, 0.15) is 0 Å². The fourth-order valence-electron chi connectivity index (χ4n) is 0.947. The molecule has 0 N–H and O–H groups in total. The molecule has 3 heteroatoms. The number of esters is 1. The quantitative estimate of drug-likeness (QED) is 0.575. The van der Waals surface area contributed by atoms with E-state index in [0.29, 0.717) is 18.6 Å². The van der Waals surface area contributed by atoms with Crippen LogP contribution in [0.5, 0.6) is 0 Å². The van der Waals surface area contributed by atoms with Crippen LogP contribution in [0.2, 0.25) is 0 Å². The molecule has 0 fully saturated rings. The van der Waals surface area contributed by atoms with E-state index in [9.17, 15) is 9.59 Å². The number of hydrogen-bond donors (Lipinski definition) is 0. The maximum absolute atomic E-state index is 11.1. The molecule has 3 nitrogen and oxygen atoms in total. The van der Waals surface area contributed by atoms with E-state index in [-0.39, 0.29) is 5.78 Å². The van der Waals surface area contributed by atoms with Crippen LogP contribution < -0.4 is 0 Å². The van der Waals surface area contributed by atoms with Crippen molar-refractivity contribution in [2.24, 2.45) is 0 Å². The number of ketones is 1. The minimum Gasteiger partial charge on any atom is -0.463 e. The Morgan fingerprint density at radius 2 is 2.42 bits per heavy atom. The van der Waals surface area contributed by atoms with Gasteiger partial charge in [0.05, 0.1) is 6.61 Å². The van der Waals surface area contributed by atoms with Crippen molar-refractivity contribution in [2.45, 2.75) is 13.3 Å². The minimum atomic E-state index is -0.393. The summed E-state index contributed by atoms with van der Waals surface area (Å²) in [6.07, 6.45) is 4.92. The van der Waals surface area contributed by atoms with Crippen LogP contribution in [0.4, 0.5) is 0 Å². The van der Waals surface area contributed by atoms with E-state index in [2.05, 4.69) is 0 Å². The lowest BCUT2D eigenvalue weighted by molar-refractivity contribution is -0.138. The van der Waals surface area contributed by atoms with E-state index in [4.69, 9.17) is 4.74 Å². The van der Waals surface area contributed by atoms with Gasteiger partial charge in [0.25, 0.3) is 0 Å². The van der Waals surface area contributed by atoms with Crippen molar-refractivity contribution in [1.82, 2.24) is 0 Å². The van der Waals surface area contributed by atoms with Crippen LogP contribution in [0.3, 0.4) is 0 Å². The summed E-state index contributed by atoms with van der Waals surface area (Å²) in [5, 5.41) is 0. The van der Waals surface area contributed by atoms with Crippen molar-refractivity contribution in [3.63, 3.8) is 0 Å². The molecule has 64 valence electrons. The Kier molecular flexibility index (Phi) is 2.80. The summed E-state index contributed by atoms with van der Waals surface area (Å²) in [7, 11) is 0. The fourth-order valence-corrected chi connectivity index (χ4v) is 0.947. The zero-order chi connectivity index (χ0) is 8.97. The fraction of sp³-hybridized carbons (Fsp3) is 0.333. The molecule has 0 unspecified atom stereocenters. The first kappa shape index (κ1) is 8.71. The van der Waals surface area contributed by atoms with Crippen LogP contribution in [0.25, 0.3) is 0 Å². The maximum atomic E-state index is 11.1. The molecular formula is C9H10O3. The molecule has 0 saturated heterocycles. The number of allylic oxidation sites excluding steroid dienone is 3. The third-order valence-corrected chi connectivity index (χ3v) is 1.47. The zero-order valence-electron chi connectivity index (χ0n) is 6.87. The Balaban J connectivity index is 2.63. The summed E-state index contributed by atoms with van der Waals surface area (Å²) in [4.78, 5) is 21.9. The van der Waals surface area contributed by atoms with E-state index in [0.717, 1.165) is 0 Å².